The summed E-state index contributed by atoms with van der Waals surface area (Å²) in [6, 6.07) is 21.4. The van der Waals surface area contributed by atoms with Gasteiger partial charge in [-0.25, -0.2) is 4.68 Å². The van der Waals surface area contributed by atoms with Crippen LogP contribution in [0.25, 0.3) is 10.9 Å². The Balaban J connectivity index is 1.57. The lowest BCUT2D eigenvalue weighted by atomic mass is 10.1. The fraction of sp³-hybridized carbons (Fsp3) is 0.0800. The van der Waals surface area contributed by atoms with Gasteiger partial charge < -0.3 is 10.6 Å². The van der Waals surface area contributed by atoms with Crippen molar-refractivity contribution in [1.29, 1.82) is 0 Å². The van der Waals surface area contributed by atoms with Crippen molar-refractivity contribution in [3.8, 4) is 0 Å². The number of nitrogens with zero attached hydrogens (tertiary/aromatic N) is 1. The second kappa shape index (κ2) is 10.1. The van der Waals surface area contributed by atoms with Crippen LogP contribution in [-0.4, -0.2) is 22.4 Å². The maximum Gasteiger partial charge on any atom is 0.328 e. The Labute approximate surface area is 209 Å². The van der Waals surface area contributed by atoms with Gasteiger partial charge in [0.15, 0.2) is 0 Å². The summed E-state index contributed by atoms with van der Waals surface area (Å²) < 4.78 is 2.10. The number of nitrogens with one attached hydrogen (secondary N) is 3. The first kappa shape index (κ1) is 23.5. The van der Waals surface area contributed by atoms with E-state index >= 15 is 0 Å². The van der Waals surface area contributed by atoms with Crippen molar-refractivity contribution in [2.75, 3.05) is 10.7 Å². The molecule has 0 unspecified atom stereocenters. The van der Waals surface area contributed by atoms with E-state index in [1.54, 1.807) is 42.5 Å². The van der Waals surface area contributed by atoms with Gasteiger partial charge in [0.25, 0.3) is 5.91 Å². The van der Waals surface area contributed by atoms with E-state index < -0.39 is 17.7 Å². The van der Waals surface area contributed by atoms with Gasteiger partial charge in [-0.3, -0.25) is 19.8 Å². The Hall–Kier alpha value is -3.62. The zero-order chi connectivity index (χ0) is 24.2. The van der Waals surface area contributed by atoms with Gasteiger partial charge in [-0.2, -0.15) is 0 Å². The van der Waals surface area contributed by atoms with Crippen LogP contribution in [0.15, 0.2) is 77.3 Å². The maximum atomic E-state index is 13.1. The van der Waals surface area contributed by atoms with Crippen molar-refractivity contribution < 1.29 is 14.4 Å². The van der Waals surface area contributed by atoms with Crippen molar-refractivity contribution in [1.82, 2.24) is 9.99 Å². The van der Waals surface area contributed by atoms with Crippen molar-refractivity contribution in [3.05, 3.63) is 99.1 Å². The molecule has 0 aliphatic rings. The molecule has 0 saturated carbocycles. The zero-order valence-electron chi connectivity index (χ0n) is 18.1. The summed E-state index contributed by atoms with van der Waals surface area (Å²) in [6.07, 6.45) is 0. The van der Waals surface area contributed by atoms with E-state index in [-0.39, 0.29) is 12.2 Å². The lowest BCUT2D eigenvalue weighted by molar-refractivity contribution is -0.136. The van der Waals surface area contributed by atoms with Gasteiger partial charge in [-0.15, -0.1) is 0 Å². The lowest BCUT2D eigenvalue weighted by Crippen LogP contribution is -2.39. The molecule has 0 radical (unpaired) electrons. The quantitative estimate of drug-likeness (QED) is 0.312. The largest absolute Gasteiger partial charge is 0.344 e. The number of halogens is 2. The molecule has 0 aliphatic heterocycles. The first-order chi connectivity index (χ1) is 16.3. The normalized spacial score (nSPS) is 10.7. The molecular formula is C25H20BrClN4O3. The number of fused-ring (bicyclic) bond motifs is 1. The number of hydrogen-bond acceptors (Lipinski definition) is 3. The highest BCUT2D eigenvalue weighted by atomic mass is 79.9. The molecule has 0 fully saturated rings. The first-order valence-corrected chi connectivity index (χ1v) is 11.5. The molecule has 172 valence electrons. The molecule has 0 spiro atoms. The number of aromatic nitrogens is 1. The minimum Gasteiger partial charge on any atom is -0.344 e. The van der Waals surface area contributed by atoms with Crippen LogP contribution in [0.5, 0.6) is 0 Å². The van der Waals surface area contributed by atoms with Crippen LogP contribution in [0.2, 0.25) is 5.02 Å². The lowest BCUT2D eigenvalue weighted by Gasteiger charge is -2.13. The maximum absolute atomic E-state index is 13.1. The van der Waals surface area contributed by atoms with Gasteiger partial charge in [0.05, 0.1) is 16.2 Å². The smallest absolute Gasteiger partial charge is 0.328 e. The summed E-state index contributed by atoms with van der Waals surface area (Å²) in [5, 5.41) is 6.40. The number of hydrogen-bond donors (Lipinski definition) is 3. The highest BCUT2D eigenvalue weighted by Crippen LogP contribution is 2.25. The SMILES string of the molecule is Cc1ccc(CNC(=O)C(=O)Nn2c(C(=O)Nc3ccccc3Cl)cc3cc(Br)ccc32)cc1. The number of benzene rings is 3. The molecule has 0 aliphatic carbocycles. The van der Waals surface area contributed by atoms with Crippen molar-refractivity contribution in [3.63, 3.8) is 0 Å². The van der Waals surface area contributed by atoms with Crippen molar-refractivity contribution >= 4 is 61.8 Å². The van der Waals surface area contributed by atoms with E-state index in [0.29, 0.717) is 21.6 Å². The number of carbonyl (C=O) groups is 3. The summed E-state index contributed by atoms with van der Waals surface area (Å²) in [6.45, 7) is 2.17. The predicted octanol–water partition coefficient (Wildman–Crippen LogP) is 5.00. The van der Waals surface area contributed by atoms with Crippen LogP contribution < -0.4 is 16.1 Å². The van der Waals surface area contributed by atoms with Crippen molar-refractivity contribution in [2.45, 2.75) is 13.5 Å². The molecule has 1 aromatic heterocycles. The number of carbonyl (C=O) groups excluding carboxylic acids is 3. The third-order valence-corrected chi connectivity index (χ3v) is 5.93. The molecule has 3 amide bonds. The van der Waals surface area contributed by atoms with Gasteiger partial charge in [0.2, 0.25) is 0 Å². The fourth-order valence-electron chi connectivity index (χ4n) is 3.34. The zero-order valence-corrected chi connectivity index (χ0v) is 20.4. The number of rotatable bonds is 5. The Kier molecular flexibility index (Phi) is 7.00. The van der Waals surface area contributed by atoms with E-state index in [1.807, 2.05) is 37.3 Å². The van der Waals surface area contributed by atoms with E-state index in [9.17, 15) is 14.4 Å². The van der Waals surface area contributed by atoms with Crippen LogP contribution in [-0.2, 0) is 16.1 Å². The van der Waals surface area contributed by atoms with Crippen LogP contribution >= 0.6 is 27.5 Å². The van der Waals surface area contributed by atoms with Gasteiger partial charge in [0.1, 0.15) is 5.69 Å². The highest BCUT2D eigenvalue weighted by Gasteiger charge is 2.21. The summed E-state index contributed by atoms with van der Waals surface area (Å²) in [7, 11) is 0. The Bertz CT molecular complexity index is 1400. The number of aryl methyl sites for hydroxylation is 1. The van der Waals surface area contributed by atoms with E-state index in [4.69, 9.17) is 11.6 Å². The van der Waals surface area contributed by atoms with E-state index in [0.717, 1.165) is 15.6 Å². The van der Waals surface area contributed by atoms with Crippen LogP contribution in [0.4, 0.5) is 5.69 Å². The molecule has 9 heteroatoms. The predicted molar refractivity (Wildman–Crippen MR) is 136 cm³/mol. The number of para-hydroxylation sites is 1. The molecule has 0 saturated heterocycles. The Morgan fingerprint density at radius 2 is 1.68 bits per heavy atom. The van der Waals surface area contributed by atoms with Crippen LogP contribution in [0.1, 0.15) is 21.6 Å². The van der Waals surface area contributed by atoms with Gasteiger partial charge in [-0.1, -0.05) is 69.5 Å². The summed E-state index contributed by atoms with van der Waals surface area (Å²) in [5.41, 5.74) is 5.60. The monoisotopic (exact) mass is 538 g/mol. The van der Waals surface area contributed by atoms with Gasteiger partial charge >= 0.3 is 11.8 Å². The first-order valence-electron chi connectivity index (χ1n) is 10.3. The number of anilines is 1. The average molecular weight is 540 g/mol. The molecule has 4 aromatic rings. The summed E-state index contributed by atoms with van der Waals surface area (Å²) in [4.78, 5) is 38.2. The van der Waals surface area contributed by atoms with E-state index in [1.165, 1.54) is 4.68 Å². The minimum atomic E-state index is -0.903. The van der Waals surface area contributed by atoms with Gasteiger partial charge in [0, 0.05) is 16.4 Å². The number of amides is 3. The molecule has 0 atom stereocenters. The molecule has 7 nitrogen and oxygen atoms in total. The molecule has 0 bridgehead atoms. The molecular weight excluding hydrogens is 520 g/mol. The average Bonchev–Trinajstić information content (AvgIpc) is 3.17. The summed E-state index contributed by atoms with van der Waals surface area (Å²) in [5.74, 6) is -2.22. The molecule has 4 rings (SSSR count). The standard InChI is InChI=1S/C25H20BrClN4O3/c1-15-6-8-16(9-7-15)14-28-24(33)25(34)30-31-21-11-10-18(26)12-17(21)13-22(31)23(32)29-20-5-3-2-4-19(20)27/h2-13H,14H2,1H3,(H,28,33)(H,29,32)(H,30,34). The second-order valence-corrected chi connectivity index (χ2v) is 8.93. The van der Waals surface area contributed by atoms with Crippen LogP contribution in [0.3, 0.4) is 0 Å². The topological polar surface area (TPSA) is 92.2 Å². The molecule has 3 N–H and O–H groups in total. The minimum absolute atomic E-state index is 0.132. The molecule has 3 aromatic carbocycles. The third kappa shape index (κ3) is 5.30. The fourth-order valence-corrected chi connectivity index (χ4v) is 3.91. The van der Waals surface area contributed by atoms with E-state index in [2.05, 4.69) is 32.0 Å². The Morgan fingerprint density at radius 1 is 0.941 bits per heavy atom. The third-order valence-electron chi connectivity index (χ3n) is 5.11. The second-order valence-electron chi connectivity index (χ2n) is 7.61. The van der Waals surface area contributed by atoms with Crippen LogP contribution in [0, 0.1) is 6.92 Å². The Morgan fingerprint density at radius 3 is 2.41 bits per heavy atom. The van der Waals surface area contributed by atoms with Crippen molar-refractivity contribution in [2.24, 2.45) is 0 Å². The summed E-state index contributed by atoms with van der Waals surface area (Å²) >= 11 is 9.57. The molecule has 34 heavy (non-hydrogen) atoms. The highest BCUT2D eigenvalue weighted by molar-refractivity contribution is 9.10. The molecule has 1 heterocycles. The van der Waals surface area contributed by atoms with Gasteiger partial charge in [-0.05, 0) is 48.9 Å².